The Labute approximate surface area is 175 Å². The molecule has 4 aromatic rings. The first-order chi connectivity index (χ1) is 14.7. The Kier molecular flexibility index (Phi) is 5.08. The number of ether oxygens (including phenoxy) is 2. The molecule has 0 aliphatic rings. The average molecular weight is 431 g/mol. The minimum Gasteiger partial charge on any atom is -0.493 e. The van der Waals surface area contributed by atoms with Gasteiger partial charge in [-0.15, -0.1) is 15.3 Å². The van der Waals surface area contributed by atoms with Crippen molar-refractivity contribution in [2.24, 2.45) is 0 Å². The number of benzene rings is 2. The van der Waals surface area contributed by atoms with E-state index in [1.165, 1.54) is 20.3 Å². The molecule has 1 unspecified atom stereocenters. The van der Waals surface area contributed by atoms with Gasteiger partial charge in [-0.3, -0.25) is 0 Å². The summed E-state index contributed by atoms with van der Waals surface area (Å²) >= 11 is 0. The Morgan fingerprint density at radius 1 is 1.00 bits per heavy atom. The van der Waals surface area contributed by atoms with Crippen molar-refractivity contribution in [1.29, 1.82) is 0 Å². The molecule has 1 N–H and O–H groups in total. The first-order valence-electron chi connectivity index (χ1n) is 9.44. The summed E-state index contributed by atoms with van der Waals surface area (Å²) in [6.45, 7) is 3.53. The van der Waals surface area contributed by atoms with E-state index >= 15 is 0 Å². The SMILES string of the molecule is COc1cc2c(NC(C)c3cccc(C(F)(F)F)c3)nn3c(C)nnc3c2cc1OC. The molecular weight excluding hydrogens is 411 g/mol. The van der Waals surface area contributed by atoms with E-state index in [-0.39, 0.29) is 0 Å². The number of aryl methyl sites for hydroxylation is 1. The van der Waals surface area contributed by atoms with Gasteiger partial charge in [0.25, 0.3) is 0 Å². The number of hydrogen-bond donors (Lipinski definition) is 1. The van der Waals surface area contributed by atoms with E-state index in [1.807, 2.05) is 0 Å². The lowest BCUT2D eigenvalue weighted by Gasteiger charge is -2.19. The number of halogens is 3. The maximum absolute atomic E-state index is 13.1. The third-order valence-corrected chi connectivity index (χ3v) is 5.08. The third-order valence-electron chi connectivity index (χ3n) is 5.08. The lowest BCUT2D eigenvalue weighted by atomic mass is 10.0. The lowest BCUT2D eigenvalue weighted by Crippen LogP contribution is -2.12. The molecule has 0 spiro atoms. The van der Waals surface area contributed by atoms with Crippen molar-refractivity contribution < 1.29 is 22.6 Å². The summed E-state index contributed by atoms with van der Waals surface area (Å²) in [5, 5.41) is 17.5. The van der Waals surface area contributed by atoms with Gasteiger partial charge in [0.15, 0.2) is 28.8 Å². The number of aromatic nitrogens is 4. The summed E-state index contributed by atoms with van der Waals surface area (Å²) in [6, 6.07) is 8.29. The van der Waals surface area contributed by atoms with Crippen LogP contribution in [0.1, 0.15) is 29.9 Å². The second-order valence-electron chi connectivity index (χ2n) is 7.07. The number of nitrogens with one attached hydrogen (secondary N) is 1. The zero-order valence-electron chi connectivity index (χ0n) is 17.3. The Morgan fingerprint density at radius 2 is 1.68 bits per heavy atom. The van der Waals surface area contributed by atoms with Crippen LogP contribution in [0.5, 0.6) is 11.5 Å². The van der Waals surface area contributed by atoms with Crippen molar-refractivity contribution in [2.45, 2.75) is 26.1 Å². The second-order valence-corrected chi connectivity index (χ2v) is 7.07. The summed E-state index contributed by atoms with van der Waals surface area (Å²) in [5.74, 6) is 2.03. The van der Waals surface area contributed by atoms with E-state index in [0.29, 0.717) is 45.1 Å². The van der Waals surface area contributed by atoms with Crippen LogP contribution in [-0.4, -0.2) is 34.0 Å². The van der Waals surface area contributed by atoms with Gasteiger partial charge < -0.3 is 14.8 Å². The zero-order chi connectivity index (χ0) is 22.3. The highest BCUT2D eigenvalue weighted by molar-refractivity contribution is 6.02. The van der Waals surface area contributed by atoms with Gasteiger partial charge >= 0.3 is 6.18 Å². The van der Waals surface area contributed by atoms with Crippen molar-refractivity contribution in [3.05, 3.63) is 53.3 Å². The van der Waals surface area contributed by atoms with E-state index in [0.717, 1.165) is 12.1 Å². The van der Waals surface area contributed by atoms with Crippen molar-refractivity contribution in [2.75, 3.05) is 19.5 Å². The molecule has 2 aromatic heterocycles. The molecule has 2 aromatic carbocycles. The van der Waals surface area contributed by atoms with E-state index in [1.54, 1.807) is 36.6 Å². The molecular formula is C21H20F3N5O2. The molecule has 0 fully saturated rings. The van der Waals surface area contributed by atoms with E-state index in [4.69, 9.17) is 9.47 Å². The molecule has 0 saturated carbocycles. The number of methoxy groups -OCH3 is 2. The van der Waals surface area contributed by atoms with Crippen molar-refractivity contribution in [1.82, 2.24) is 19.8 Å². The molecule has 31 heavy (non-hydrogen) atoms. The number of fused-ring (bicyclic) bond motifs is 3. The molecule has 0 aliphatic carbocycles. The summed E-state index contributed by atoms with van der Waals surface area (Å²) in [4.78, 5) is 0. The van der Waals surface area contributed by atoms with Crippen molar-refractivity contribution >= 4 is 22.2 Å². The number of alkyl halides is 3. The van der Waals surface area contributed by atoms with Gasteiger partial charge in [0.2, 0.25) is 0 Å². The van der Waals surface area contributed by atoms with Crippen LogP contribution in [0.2, 0.25) is 0 Å². The first-order valence-corrected chi connectivity index (χ1v) is 9.44. The van der Waals surface area contributed by atoms with Crippen LogP contribution < -0.4 is 14.8 Å². The van der Waals surface area contributed by atoms with Crippen LogP contribution in [0.15, 0.2) is 36.4 Å². The van der Waals surface area contributed by atoms with Crippen LogP contribution in [-0.2, 0) is 6.18 Å². The summed E-state index contributed by atoms with van der Waals surface area (Å²) in [6.07, 6.45) is -4.41. The third kappa shape index (κ3) is 3.69. The molecule has 0 saturated heterocycles. The van der Waals surface area contributed by atoms with Gasteiger partial charge in [-0.2, -0.15) is 17.7 Å². The van der Waals surface area contributed by atoms with E-state index in [2.05, 4.69) is 20.6 Å². The molecule has 162 valence electrons. The number of anilines is 1. The fourth-order valence-electron chi connectivity index (χ4n) is 3.44. The van der Waals surface area contributed by atoms with Crippen LogP contribution >= 0.6 is 0 Å². The summed E-state index contributed by atoms with van der Waals surface area (Å²) < 4.78 is 51.8. The highest BCUT2D eigenvalue weighted by Crippen LogP contribution is 2.37. The van der Waals surface area contributed by atoms with Gasteiger partial charge in [0.05, 0.1) is 25.8 Å². The van der Waals surface area contributed by atoms with E-state index in [9.17, 15) is 13.2 Å². The second kappa shape index (κ2) is 7.60. The molecule has 0 amide bonds. The Morgan fingerprint density at radius 3 is 2.32 bits per heavy atom. The smallest absolute Gasteiger partial charge is 0.416 e. The zero-order valence-corrected chi connectivity index (χ0v) is 17.3. The van der Waals surface area contributed by atoms with Crippen molar-refractivity contribution in [3.8, 4) is 11.5 Å². The molecule has 0 aliphatic heterocycles. The molecule has 1 atom stereocenters. The Balaban J connectivity index is 1.85. The van der Waals surface area contributed by atoms with Gasteiger partial charge in [-0.05, 0) is 43.7 Å². The van der Waals surface area contributed by atoms with Crippen LogP contribution in [0.4, 0.5) is 19.0 Å². The van der Waals surface area contributed by atoms with Crippen LogP contribution in [0, 0.1) is 6.92 Å². The first kappa shape index (κ1) is 20.7. The highest BCUT2D eigenvalue weighted by atomic mass is 19.4. The maximum Gasteiger partial charge on any atom is 0.416 e. The fourth-order valence-corrected chi connectivity index (χ4v) is 3.44. The molecule has 2 heterocycles. The molecule has 10 heteroatoms. The fraction of sp³-hybridized carbons (Fsp3) is 0.286. The Hall–Kier alpha value is -3.56. The number of hydrogen-bond acceptors (Lipinski definition) is 6. The maximum atomic E-state index is 13.1. The topological polar surface area (TPSA) is 73.6 Å². The van der Waals surface area contributed by atoms with Gasteiger partial charge in [0, 0.05) is 10.8 Å². The Bertz CT molecular complexity index is 1270. The predicted octanol–water partition coefficient (Wildman–Crippen LogP) is 4.80. The largest absolute Gasteiger partial charge is 0.493 e. The highest BCUT2D eigenvalue weighted by Gasteiger charge is 2.30. The minimum atomic E-state index is -4.41. The van der Waals surface area contributed by atoms with Gasteiger partial charge in [-0.1, -0.05) is 12.1 Å². The van der Waals surface area contributed by atoms with E-state index < -0.39 is 17.8 Å². The quantitative estimate of drug-likeness (QED) is 0.490. The molecule has 0 radical (unpaired) electrons. The molecule has 7 nitrogen and oxygen atoms in total. The predicted molar refractivity (Wildman–Crippen MR) is 110 cm³/mol. The van der Waals surface area contributed by atoms with Crippen LogP contribution in [0.25, 0.3) is 16.4 Å². The standard InChI is InChI=1S/C21H20F3N5O2/c1-11(13-6-5-7-14(8-13)21(22,23)24)25-19-15-9-17(30-3)18(31-4)10-16(15)20-27-26-12(2)29(20)28-19/h5-11H,1-4H3,(H,25,28). The van der Waals surface area contributed by atoms with Gasteiger partial charge in [-0.25, -0.2) is 0 Å². The van der Waals surface area contributed by atoms with Crippen molar-refractivity contribution in [3.63, 3.8) is 0 Å². The lowest BCUT2D eigenvalue weighted by molar-refractivity contribution is -0.137. The monoisotopic (exact) mass is 431 g/mol. The minimum absolute atomic E-state index is 0.455. The summed E-state index contributed by atoms with van der Waals surface area (Å²) in [7, 11) is 3.06. The number of rotatable bonds is 5. The number of nitrogens with zero attached hydrogens (tertiary/aromatic N) is 4. The molecule has 4 rings (SSSR count). The summed E-state index contributed by atoms with van der Waals surface area (Å²) in [5.41, 5.74) is 0.310. The van der Waals surface area contributed by atoms with Crippen LogP contribution in [0.3, 0.4) is 0 Å². The molecule has 0 bridgehead atoms. The van der Waals surface area contributed by atoms with Gasteiger partial charge in [0.1, 0.15) is 0 Å². The average Bonchev–Trinajstić information content (AvgIpc) is 3.13. The normalized spacial score (nSPS) is 12.9.